The Morgan fingerprint density at radius 2 is 1.16 bits per heavy atom. The SMILES string of the molecule is CC(/C=C/[C@@H](C)[C@@H](O)c1ccc(OCCO[Si](CCC(F)(F)C(F)(F)C(F)(F)C(F)(F)C(F)(F)C(F)(F)C(F)(F)C(F)(F)F)(C(C)C)C(C)C)cc1)=C\C(=O)NO. The summed E-state index contributed by atoms with van der Waals surface area (Å²) in [6.45, 7) is 7.59. The largest absolute Gasteiger partial charge is 0.491 e. The normalized spacial score (nSPS) is 16.1. The van der Waals surface area contributed by atoms with E-state index in [9.17, 15) is 84.5 Å². The van der Waals surface area contributed by atoms with Crippen LogP contribution in [0.2, 0.25) is 17.1 Å². The molecule has 0 unspecified atom stereocenters. The van der Waals surface area contributed by atoms with E-state index in [1.807, 2.05) is 0 Å². The van der Waals surface area contributed by atoms with Gasteiger partial charge in [-0.3, -0.25) is 10.0 Å². The van der Waals surface area contributed by atoms with E-state index >= 15 is 0 Å². The van der Waals surface area contributed by atoms with Crippen molar-refractivity contribution in [3.63, 3.8) is 0 Å². The number of hydrogen-bond acceptors (Lipinski definition) is 5. The van der Waals surface area contributed by atoms with Crippen LogP contribution in [0.3, 0.4) is 0 Å². The summed E-state index contributed by atoms with van der Waals surface area (Å²) in [6.07, 6.45) is -7.25. The molecule has 57 heavy (non-hydrogen) atoms. The molecular formula is C33H40F17NO5Si. The van der Waals surface area contributed by atoms with Gasteiger partial charge < -0.3 is 14.3 Å². The molecule has 0 radical (unpaired) electrons. The summed E-state index contributed by atoms with van der Waals surface area (Å²) < 4.78 is 245. The lowest BCUT2D eigenvalue weighted by Crippen LogP contribution is -2.74. The van der Waals surface area contributed by atoms with E-state index in [1.165, 1.54) is 63.5 Å². The monoisotopic (exact) mass is 881 g/mol. The van der Waals surface area contributed by atoms with Crippen molar-refractivity contribution in [1.82, 2.24) is 5.48 Å². The first kappa shape index (κ1) is 51.9. The molecule has 1 amide bonds. The van der Waals surface area contributed by atoms with E-state index in [4.69, 9.17) is 14.4 Å². The Morgan fingerprint density at radius 3 is 1.58 bits per heavy atom. The highest BCUT2D eigenvalue weighted by Crippen LogP contribution is 2.64. The molecule has 1 rings (SSSR count). The molecule has 0 saturated carbocycles. The highest BCUT2D eigenvalue weighted by Gasteiger charge is 2.95. The van der Waals surface area contributed by atoms with Crippen LogP contribution < -0.4 is 10.2 Å². The van der Waals surface area contributed by atoms with Crippen molar-refractivity contribution in [2.45, 2.75) is 119 Å². The molecule has 2 atom stereocenters. The molecule has 0 aliphatic heterocycles. The number of halogens is 17. The highest BCUT2D eigenvalue weighted by atomic mass is 28.4. The van der Waals surface area contributed by atoms with Gasteiger partial charge in [-0.2, -0.15) is 74.6 Å². The lowest BCUT2D eigenvalue weighted by molar-refractivity contribution is -0.461. The first-order chi connectivity index (χ1) is 25.5. The lowest BCUT2D eigenvalue weighted by Gasteiger charge is -2.44. The molecule has 0 bridgehead atoms. The number of amides is 1. The van der Waals surface area contributed by atoms with E-state index in [0.29, 0.717) is 11.1 Å². The van der Waals surface area contributed by atoms with Gasteiger partial charge in [0, 0.05) is 18.4 Å². The van der Waals surface area contributed by atoms with Crippen molar-refractivity contribution in [2.24, 2.45) is 5.92 Å². The average Bonchev–Trinajstić information content (AvgIpc) is 3.08. The summed E-state index contributed by atoms with van der Waals surface area (Å²) in [5, 5.41) is 19.2. The maximum absolute atomic E-state index is 14.9. The van der Waals surface area contributed by atoms with E-state index < -0.39 is 104 Å². The summed E-state index contributed by atoms with van der Waals surface area (Å²) in [5.74, 6) is -57.8. The quantitative estimate of drug-likeness (QED) is 0.0218. The van der Waals surface area contributed by atoms with E-state index in [0.717, 1.165) is 6.08 Å². The third-order valence-corrected chi connectivity index (χ3v) is 14.8. The second-order valence-corrected chi connectivity index (χ2v) is 18.7. The molecule has 24 heteroatoms. The number of hydroxylamine groups is 1. The number of benzene rings is 1. The molecular weight excluding hydrogens is 841 g/mol. The van der Waals surface area contributed by atoms with Crippen molar-refractivity contribution in [1.29, 1.82) is 0 Å². The van der Waals surface area contributed by atoms with E-state index in [-0.39, 0.29) is 12.4 Å². The Hall–Kier alpha value is -3.12. The molecule has 0 aromatic heterocycles. The molecule has 0 saturated heterocycles. The maximum atomic E-state index is 14.9. The third kappa shape index (κ3) is 10.2. The van der Waals surface area contributed by atoms with Crippen molar-refractivity contribution >= 4 is 14.2 Å². The minimum absolute atomic E-state index is 0.151. The van der Waals surface area contributed by atoms with Crippen LogP contribution in [0.25, 0.3) is 0 Å². The van der Waals surface area contributed by atoms with Crippen molar-refractivity contribution in [2.75, 3.05) is 13.2 Å². The Balaban J connectivity index is 3.20. The first-order valence-corrected chi connectivity index (χ1v) is 18.8. The van der Waals surface area contributed by atoms with Crippen molar-refractivity contribution in [3.05, 3.63) is 53.6 Å². The number of alkyl halides is 17. The molecule has 0 spiro atoms. The zero-order valence-electron chi connectivity index (χ0n) is 30.7. The van der Waals surface area contributed by atoms with Gasteiger partial charge in [0.1, 0.15) is 12.4 Å². The molecule has 6 nitrogen and oxygen atoms in total. The van der Waals surface area contributed by atoms with Gasteiger partial charge in [-0.25, -0.2) is 5.48 Å². The number of ether oxygens (including phenoxy) is 1. The Morgan fingerprint density at radius 1 is 0.719 bits per heavy atom. The van der Waals surface area contributed by atoms with Gasteiger partial charge in [0.15, 0.2) is 8.32 Å². The van der Waals surface area contributed by atoms with Crippen LogP contribution in [-0.2, 0) is 9.22 Å². The van der Waals surface area contributed by atoms with Crippen LogP contribution in [0.4, 0.5) is 74.6 Å². The van der Waals surface area contributed by atoms with Crippen LogP contribution >= 0.6 is 0 Å². The molecule has 1 aromatic rings. The van der Waals surface area contributed by atoms with Gasteiger partial charge in [-0.15, -0.1) is 0 Å². The summed E-state index contributed by atoms with van der Waals surface area (Å²) in [4.78, 5) is 11.2. The fourth-order valence-corrected chi connectivity index (χ4v) is 9.97. The summed E-state index contributed by atoms with van der Waals surface area (Å²) in [6, 6.07) is 4.38. The smallest absolute Gasteiger partial charge is 0.460 e. The van der Waals surface area contributed by atoms with Crippen LogP contribution in [0, 0.1) is 5.92 Å². The number of nitrogens with one attached hydrogen (secondary N) is 1. The van der Waals surface area contributed by atoms with Crippen LogP contribution in [0.5, 0.6) is 5.75 Å². The topological polar surface area (TPSA) is 88.0 Å². The van der Waals surface area contributed by atoms with E-state index in [1.54, 1.807) is 19.9 Å². The standard InChI is InChI=1S/C33H40F17NO5Si/c1-18(2)57(19(3)4,56-15-14-55-23-11-9-22(10-12-23)25(53)21(6)8-7-20(5)17-24(52)51-54)16-13-26(34,35)27(36,37)28(38,39)29(40,41)30(42,43)31(44,45)32(46,47)33(48,49)50/h7-12,17-19,21,25,53-54H,13-16H2,1-6H3,(H,51,52)/b8-7+,20-17+/t21-,25-/m1/s1. The lowest BCUT2D eigenvalue weighted by atomic mass is 9.88. The molecule has 0 aliphatic carbocycles. The second kappa shape index (κ2) is 18.0. The number of carbonyl (C=O) groups excluding carboxylic acids is 1. The van der Waals surface area contributed by atoms with Crippen molar-refractivity contribution in [3.8, 4) is 5.75 Å². The highest BCUT2D eigenvalue weighted by molar-refractivity contribution is 6.76. The number of carbonyl (C=O) groups is 1. The minimum Gasteiger partial charge on any atom is -0.491 e. The van der Waals surface area contributed by atoms with Crippen molar-refractivity contribution < 1.29 is 98.9 Å². The summed E-state index contributed by atoms with van der Waals surface area (Å²) in [7, 11) is -3.95. The number of hydrogen-bond donors (Lipinski definition) is 3. The number of aliphatic hydroxyl groups is 1. The number of rotatable bonds is 21. The second-order valence-electron chi connectivity index (χ2n) is 13.7. The van der Waals surface area contributed by atoms with Gasteiger partial charge >= 0.3 is 47.6 Å². The predicted molar refractivity (Wildman–Crippen MR) is 171 cm³/mol. The summed E-state index contributed by atoms with van der Waals surface area (Å²) >= 11 is 0. The Labute approximate surface area is 316 Å². The predicted octanol–water partition coefficient (Wildman–Crippen LogP) is 10.9. The molecule has 0 aliphatic rings. The van der Waals surface area contributed by atoms with Crippen LogP contribution in [-0.4, -0.2) is 85.4 Å². The van der Waals surface area contributed by atoms with Crippen LogP contribution in [0.1, 0.15) is 59.6 Å². The van der Waals surface area contributed by atoms with Gasteiger partial charge in [0.05, 0.1) is 12.7 Å². The fourth-order valence-electron chi connectivity index (χ4n) is 5.51. The Bertz CT molecular complexity index is 1540. The summed E-state index contributed by atoms with van der Waals surface area (Å²) in [5.41, 5.74) is 0.542. The Kier molecular flexibility index (Phi) is 16.4. The maximum Gasteiger partial charge on any atom is 0.460 e. The van der Waals surface area contributed by atoms with Gasteiger partial charge in [-0.05, 0) is 47.3 Å². The van der Waals surface area contributed by atoms with Crippen LogP contribution in [0.15, 0.2) is 48.1 Å². The zero-order chi connectivity index (χ0) is 45.0. The van der Waals surface area contributed by atoms with Gasteiger partial charge in [0.2, 0.25) is 0 Å². The minimum atomic E-state index is -8.69. The molecule has 330 valence electrons. The first-order valence-electron chi connectivity index (χ1n) is 16.5. The number of aliphatic hydroxyl groups excluding tert-OH is 1. The van der Waals surface area contributed by atoms with E-state index in [2.05, 4.69) is 0 Å². The van der Waals surface area contributed by atoms with Gasteiger partial charge in [0.25, 0.3) is 5.91 Å². The molecule has 3 N–H and O–H groups in total. The van der Waals surface area contributed by atoms with Gasteiger partial charge in [-0.1, -0.05) is 58.9 Å². The number of allylic oxidation sites excluding steroid dienone is 2. The molecule has 0 fully saturated rings. The molecule has 1 aromatic carbocycles. The zero-order valence-corrected chi connectivity index (χ0v) is 31.7. The average molecular weight is 882 g/mol. The fraction of sp³-hybridized carbons (Fsp3) is 0.667. The third-order valence-electron chi connectivity index (χ3n) is 9.15. The molecule has 0 heterocycles.